The molecule has 0 bridgehead atoms. The summed E-state index contributed by atoms with van der Waals surface area (Å²) in [7, 11) is 0. The Morgan fingerprint density at radius 1 is 1.29 bits per heavy atom. The van der Waals surface area contributed by atoms with Gasteiger partial charge < -0.3 is 14.5 Å². The van der Waals surface area contributed by atoms with Crippen molar-refractivity contribution in [3.8, 4) is 5.75 Å². The number of ether oxygens (including phenoxy) is 1. The van der Waals surface area contributed by atoms with Crippen LogP contribution in [0.3, 0.4) is 0 Å². The van der Waals surface area contributed by atoms with Crippen molar-refractivity contribution in [1.29, 1.82) is 0 Å². The summed E-state index contributed by atoms with van der Waals surface area (Å²) >= 11 is 1.67. The molecule has 2 atom stereocenters. The number of amides is 2. The number of hydrogen-bond donors (Lipinski definition) is 0. The van der Waals surface area contributed by atoms with Crippen molar-refractivity contribution >= 4 is 23.2 Å². The summed E-state index contributed by atoms with van der Waals surface area (Å²) in [5.41, 5.74) is 1.05. The summed E-state index contributed by atoms with van der Waals surface area (Å²) in [5.74, 6) is -0.0229. The van der Waals surface area contributed by atoms with Crippen LogP contribution in [0.15, 0.2) is 35.7 Å². The second-order valence-corrected chi connectivity index (χ2v) is 9.04. The number of carbonyl (C=O) groups excluding carboxylic acids is 2. The van der Waals surface area contributed by atoms with E-state index in [1.807, 2.05) is 18.4 Å². The Bertz CT molecular complexity index is 900. The Balaban J connectivity index is 1.77. The first kappa shape index (κ1) is 23.3. The van der Waals surface area contributed by atoms with Crippen LogP contribution in [0, 0.1) is 11.7 Å². The average Bonchev–Trinajstić information content (AvgIpc) is 3.26. The maximum atomic E-state index is 14.0. The van der Waals surface area contributed by atoms with Crippen molar-refractivity contribution in [2.45, 2.75) is 46.1 Å². The highest BCUT2D eigenvalue weighted by Gasteiger charge is 2.33. The minimum absolute atomic E-state index is 0.0129. The minimum atomic E-state index is -0.421. The number of rotatable bonds is 9. The lowest BCUT2D eigenvalue weighted by atomic mass is 10.00. The first-order valence-electron chi connectivity index (χ1n) is 10.9. The summed E-state index contributed by atoms with van der Waals surface area (Å²) in [6.07, 6.45) is 2.10. The van der Waals surface area contributed by atoms with Gasteiger partial charge in [-0.3, -0.25) is 9.59 Å². The van der Waals surface area contributed by atoms with Gasteiger partial charge in [0.1, 0.15) is 6.61 Å². The molecular formula is C24H31FN2O3S. The lowest BCUT2D eigenvalue weighted by Gasteiger charge is -2.37. The fourth-order valence-electron chi connectivity index (χ4n) is 3.84. The molecule has 0 N–H and O–H groups in total. The van der Waals surface area contributed by atoms with Gasteiger partial charge in [-0.1, -0.05) is 39.3 Å². The van der Waals surface area contributed by atoms with E-state index in [9.17, 15) is 14.0 Å². The van der Waals surface area contributed by atoms with E-state index in [0.29, 0.717) is 25.4 Å². The fourth-order valence-corrected chi connectivity index (χ4v) is 4.77. The monoisotopic (exact) mass is 446 g/mol. The van der Waals surface area contributed by atoms with Crippen molar-refractivity contribution in [2.75, 3.05) is 26.2 Å². The Morgan fingerprint density at radius 2 is 2.06 bits per heavy atom. The van der Waals surface area contributed by atoms with Crippen molar-refractivity contribution in [2.24, 2.45) is 5.92 Å². The van der Waals surface area contributed by atoms with E-state index < -0.39 is 5.82 Å². The Labute approximate surface area is 187 Å². The standard InChI is InChI=1S/C24H31FN2O3S/c1-4-17(3)14-26(23(28)5-2)15-24(29)27-12-10-22-18(11-13-31-22)20(27)16-30-21-9-7-6-8-19(21)25/h6-9,11,13,17,20H,4-5,10,12,14-16H2,1-3H3/t17-,20-/m1/s1. The second kappa shape index (κ2) is 10.8. The molecule has 1 aliphatic heterocycles. The van der Waals surface area contributed by atoms with E-state index in [0.717, 1.165) is 18.4 Å². The van der Waals surface area contributed by atoms with Crippen molar-refractivity contribution < 1.29 is 18.7 Å². The third-order valence-electron chi connectivity index (χ3n) is 5.86. The molecule has 0 spiro atoms. The normalized spacial score (nSPS) is 16.5. The minimum Gasteiger partial charge on any atom is -0.488 e. The molecule has 0 unspecified atom stereocenters. The van der Waals surface area contributed by atoms with Gasteiger partial charge in [-0.2, -0.15) is 0 Å². The third-order valence-corrected chi connectivity index (χ3v) is 6.86. The van der Waals surface area contributed by atoms with Gasteiger partial charge in [0.25, 0.3) is 0 Å². The van der Waals surface area contributed by atoms with Crippen molar-refractivity contribution in [3.63, 3.8) is 0 Å². The third kappa shape index (κ3) is 5.64. The SMILES string of the molecule is CCC(=O)N(CC(=O)N1CCc2sccc2[C@H]1COc1ccccc1F)C[C@H](C)CC. The quantitative estimate of drug-likeness (QED) is 0.562. The average molecular weight is 447 g/mol. The summed E-state index contributed by atoms with van der Waals surface area (Å²) in [4.78, 5) is 30.5. The summed E-state index contributed by atoms with van der Waals surface area (Å²) in [6.45, 7) is 7.36. The van der Waals surface area contributed by atoms with Crippen LogP contribution >= 0.6 is 11.3 Å². The summed E-state index contributed by atoms with van der Waals surface area (Å²) in [5, 5.41) is 2.02. The van der Waals surface area contributed by atoms with Crippen LogP contribution in [0.2, 0.25) is 0 Å². The molecule has 0 aliphatic carbocycles. The van der Waals surface area contributed by atoms with Gasteiger partial charge in [0.2, 0.25) is 11.8 Å². The molecule has 0 saturated heterocycles. The maximum Gasteiger partial charge on any atom is 0.242 e. The van der Waals surface area contributed by atoms with Crippen LogP contribution in [0.4, 0.5) is 4.39 Å². The predicted octanol–water partition coefficient (Wildman–Crippen LogP) is 4.68. The molecule has 1 aromatic heterocycles. The van der Waals surface area contributed by atoms with Crippen LogP contribution in [-0.2, 0) is 16.0 Å². The molecule has 1 aliphatic rings. The van der Waals surface area contributed by atoms with Crippen LogP contribution in [0.5, 0.6) is 5.75 Å². The highest BCUT2D eigenvalue weighted by atomic mass is 32.1. The van der Waals surface area contributed by atoms with E-state index in [-0.39, 0.29) is 36.8 Å². The smallest absolute Gasteiger partial charge is 0.242 e. The second-order valence-electron chi connectivity index (χ2n) is 8.03. The number of halogens is 1. The van der Waals surface area contributed by atoms with Gasteiger partial charge in [0.05, 0.1) is 12.6 Å². The zero-order chi connectivity index (χ0) is 22.4. The molecule has 2 heterocycles. The fraction of sp³-hybridized carbons (Fsp3) is 0.500. The highest BCUT2D eigenvalue weighted by molar-refractivity contribution is 7.10. The van der Waals surface area contributed by atoms with Gasteiger partial charge in [-0.25, -0.2) is 4.39 Å². The number of thiophene rings is 1. The van der Waals surface area contributed by atoms with E-state index in [2.05, 4.69) is 13.8 Å². The molecule has 2 aromatic rings. The first-order chi connectivity index (χ1) is 14.9. The van der Waals surface area contributed by atoms with E-state index in [1.165, 1.54) is 10.9 Å². The Kier molecular flexibility index (Phi) is 8.07. The number of carbonyl (C=O) groups is 2. The van der Waals surface area contributed by atoms with Crippen LogP contribution in [0.25, 0.3) is 0 Å². The molecular weight excluding hydrogens is 415 g/mol. The summed E-state index contributed by atoms with van der Waals surface area (Å²) < 4.78 is 19.8. The van der Waals surface area contributed by atoms with Gasteiger partial charge >= 0.3 is 0 Å². The number of fused-ring (bicyclic) bond motifs is 1. The summed E-state index contributed by atoms with van der Waals surface area (Å²) in [6, 6.07) is 8.01. The Morgan fingerprint density at radius 3 is 2.77 bits per heavy atom. The van der Waals surface area contributed by atoms with Gasteiger partial charge in [0, 0.05) is 24.4 Å². The van der Waals surface area contributed by atoms with Crippen LogP contribution in [-0.4, -0.2) is 47.9 Å². The molecule has 7 heteroatoms. The molecule has 31 heavy (non-hydrogen) atoms. The number of benzene rings is 1. The number of para-hydroxylation sites is 1. The van der Waals surface area contributed by atoms with Gasteiger partial charge in [-0.15, -0.1) is 11.3 Å². The molecule has 1 aromatic carbocycles. The van der Waals surface area contributed by atoms with Crippen LogP contribution in [0.1, 0.15) is 50.1 Å². The van der Waals surface area contributed by atoms with E-state index in [4.69, 9.17) is 4.74 Å². The van der Waals surface area contributed by atoms with Crippen molar-refractivity contribution in [1.82, 2.24) is 9.80 Å². The lowest BCUT2D eigenvalue weighted by Crippen LogP contribution is -2.48. The van der Waals surface area contributed by atoms with Crippen LogP contribution < -0.4 is 4.74 Å². The molecule has 5 nitrogen and oxygen atoms in total. The van der Waals surface area contributed by atoms with Gasteiger partial charge in [0.15, 0.2) is 11.6 Å². The molecule has 0 radical (unpaired) electrons. The first-order valence-corrected chi connectivity index (χ1v) is 11.8. The zero-order valence-electron chi connectivity index (χ0n) is 18.5. The van der Waals surface area contributed by atoms with Crippen molar-refractivity contribution in [3.05, 3.63) is 52.0 Å². The predicted molar refractivity (Wildman–Crippen MR) is 121 cm³/mol. The molecule has 0 saturated carbocycles. The topological polar surface area (TPSA) is 49.9 Å². The largest absolute Gasteiger partial charge is 0.488 e. The van der Waals surface area contributed by atoms with E-state index >= 15 is 0 Å². The maximum absolute atomic E-state index is 14.0. The number of hydrogen-bond acceptors (Lipinski definition) is 4. The zero-order valence-corrected chi connectivity index (χ0v) is 19.3. The Hall–Kier alpha value is -2.41. The highest BCUT2D eigenvalue weighted by Crippen LogP contribution is 2.34. The van der Waals surface area contributed by atoms with E-state index in [1.54, 1.807) is 39.3 Å². The lowest BCUT2D eigenvalue weighted by molar-refractivity contribution is -0.143. The number of nitrogens with zero attached hydrogens (tertiary/aromatic N) is 2. The molecule has 3 rings (SSSR count). The molecule has 168 valence electrons. The van der Waals surface area contributed by atoms with Gasteiger partial charge in [-0.05, 0) is 41.5 Å². The molecule has 0 fully saturated rings. The molecule has 2 amide bonds.